The van der Waals surface area contributed by atoms with E-state index in [4.69, 9.17) is 9.15 Å². The van der Waals surface area contributed by atoms with Crippen molar-refractivity contribution in [3.05, 3.63) is 17.8 Å². The van der Waals surface area contributed by atoms with Crippen LogP contribution in [0.2, 0.25) is 0 Å². The summed E-state index contributed by atoms with van der Waals surface area (Å²) < 4.78 is 11.1. The lowest BCUT2D eigenvalue weighted by Crippen LogP contribution is -2.42. The molecule has 4 nitrogen and oxygen atoms in total. The Morgan fingerprint density at radius 1 is 1.47 bits per heavy atom. The number of aryl methyl sites for hydroxylation is 1. The monoisotopic (exact) mass is 238 g/mol. The summed E-state index contributed by atoms with van der Waals surface area (Å²) >= 11 is 0. The largest absolute Gasteiger partial charge is 0.444 e. The summed E-state index contributed by atoms with van der Waals surface area (Å²) in [5, 5.41) is 3.50. The number of aromatic nitrogens is 1. The van der Waals surface area contributed by atoms with Gasteiger partial charge in [-0.05, 0) is 12.8 Å². The van der Waals surface area contributed by atoms with Gasteiger partial charge in [-0.1, -0.05) is 19.8 Å². The molecule has 1 aliphatic carbocycles. The summed E-state index contributed by atoms with van der Waals surface area (Å²) in [7, 11) is 1.80. The summed E-state index contributed by atoms with van der Waals surface area (Å²) in [5.41, 5.74) is 0. The maximum absolute atomic E-state index is 5.58. The van der Waals surface area contributed by atoms with Crippen molar-refractivity contribution >= 4 is 0 Å². The smallest absolute Gasteiger partial charge is 0.208 e. The molecule has 0 aromatic carbocycles. The first kappa shape index (κ1) is 12.6. The van der Waals surface area contributed by atoms with Gasteiger partial charge < -0.3 is 14.5 Å². The molecule has 1 aliphatic rings. The normalized spacial score (nSPS) is 25.1. The van der Waals surface area contributed by atoms with Crippen LogP contribution < -0.4 is 5.32 Å². The second-order valence-electron chi connectivity index (χ2n) is 4.62. The lowest BCUT2D eigenvalue weighted by atomic mass is 9.92. The van der Waals surface area contributed by atoms with Crippen LogP contribution in [-0.2, 0) is 17.7 Å². The van der Waals surface area contributed by atoms with Crippen molar-refractivity contribution in [3.63, 3.8) is 0 Å². The quantitative estimate of drug-likeness (QED) is 0.855. The minimum atomic E-state index is 0.337. The van der Waals surface area contributed by atoms with E-state index in [1.807, 2.05) is 6.20 Å². The summed E-state index contributed by atoms with van der Waals surface area (Å²) in [6.07, 6.45) is 7.94. The molecular formula is C13H22N2O2. The van der Waals surface area contributed by atoms with E-state index >= 15 is 0 Å². The minimum absolute atomic E-state index is 0.337. The van der Waals surface area contributed by atoms with Gasteiger partial charge in [-0.15, -0.1) is 0 Å². The van der Waals surface area contributed by atoms with Gasteiger partial charge in [0.15, 0.2) is 0 Å². The Bertz CT molecular complexity index is 338. The van der Waals surface area contributed by atoms with Crippen LogP contribution in [0.25, 0.3) is 0 Å². The second kappa shape index (κ2) is 6.17. The number of oxazole rings is 1. The summed E-state index contributed by atoms with van der Waals surface area (Å²) in [6, 6.07) is 0.436. The standard InChI is InChI=1S/C13H22N2O2/c1-3-10-8-15-13(17-10)9-14-11-6-4-5-7-12(11)16-2/h8,11-12,14H,3-7,9H2,1-2H3. The fourth-order valence-electron chi connectivity index (χ4n) is 2.42. The van der Waals surface area contributed by atoms with Gasteiger partial charge in [0.25, 0.3) is 0 Å². The molecule has 0 radical (unpaired) electrons. The molecule has 1 aromatic rings. The molecule has 0 aliphatic heterocycles. The van der Waals surface area contributed by atoms with Crippen LogP contribution in [-0.4, -0.2) is 24.2 Å². The first-order valence-corrected chi connectivity index (χ1v) is 6.53. The van der Waals surface area contributed by atoms with Gasteiger partial charge in [0.2, 0.25) is 5.89 Å². The number of ether oxygens (including phenoxy) is 1. The van der Waals surface area contributed by atoms with Crippen molar-refractivity contribution in [3.8, 4) is 0 Å². The van der Waals surface area contributed by atoms with Crippen molar-refractivity contribution in [2.75, 3.05) is 7.11 Å². The van der Waals surface area contributed by atoms with Gasteiger partial charge in [-0.2, -0.15) is 0 Å². The molecule has 1 N–H and O–H groups in total. The molecule has 0 bridgehead atoms. The van der Waals surface area contributed by atoms with Gasteiger partial charge in [-0.25, -0.2) is 4.98 Å². The van der Waals surface area contributed by atoms with Crippen molar-refractivity contribution in [1.29, 1.82) is 0 Å². The third-order valence-corrected chi connectivity index (χ3v) is 3.47. The number of hydrogen-bond donors (Lipinski definition) is 1. The maximum atomic E-state index is 5.58. The molecule has 1 aromatic heterocycles. The first-order chi connectivity index (χ1) is 8.33. The predicted molar refractivity (Wildman–Crippen MR) is 65.8 cm³/mol. The zero-order valence-electron chi connectivity index (χ0n) is 10.7. The third-order valence-electron chi connectivity index (χ3n) is 3.47. The summed E-state index contributed by atoms with van der Waals surface area (Å²) in [6.45, 7) is 2.77. The van der Waals surface area contributed by atoms with Crippen LogP contribution in [0, 0.1) is 0 Å². The van der Waals surface area contributed by atoms with Crippen molar-refractivity contribution < 1.29 is 9.15 Å². The second-order valence-corrected chi connectivity index (χ2v) is 4.62. The fraction of sp³-hybridized carbons (Fsp3) is 0.769. The van der Waals surface area contributed by atoms with Crippen LogP contribution in [0.5, 0.6) is 0 Å². The van der Waals surface area contributed by atoms with Crippen LogP contribution in [0.3, 0.4) is 0 Å². The fourth-order valence-corrected chi connectivity index (χ4v) is 2.42. The predicted octanol–water partition coefficient (Wildman–Crippen LogP) is 2.28. The average Bonchev–Trinajstić information content (AvgIpc) is 2.84. The molecule has 96 valence electrons. The summed E-state index contributed by atoms with van der Waals surface area (Å²) in [5.74, 6) is 1.73. The SMILES string of the molecule is CCc1cnc(CNC2CCCCC2OC)o1. The Morgan fingerprint density at radius 2 is 2.29 bits per heavy atom. The number of nitrogens with zero attached hydrogens (tertiary/aromatic N) is 1. The van der Waals surface area contributed by atoms with Gasteiger partial charge >= 0.3 is 0 Å². The molecule has 2 unspecified atom stereocenters. The minimum Gasteiger partial charge on any atom is -0.444 e. The molecule has 0 spiro atoms. The highest BCUT2D eigenvalue weighted by Gasteiger charge is 2.24. The van der Waals surface area contributed by atoms with Gasteiger partial charge in [-0.3, -0.25) is 0 Å². The van der Waals surface area contributed by atoms with Gasteiger partial charge in [0.1, 0.15) is 5.76 Å². The van der Waals surface area contributed by atoms with Crippen molar-refractivity contribution in [2.45, 2.75) is 57.7 Å². The highest BCUT2D eigenvalue weighted by molar-refractivity contribution is 4.94. The van der Waals surface area contributed by atoms with Crippen molar-refractivity contribution in [2.24, 2.45) is 0 Å². The number of methoxy groups -OCH3 is 1. The number of nitrogens with one attached hydrogen (secondary N) is 1. The Morgan fingerprint density at radius 3 is 3.00 bits per heavy atom. The van der Waals surface area contributed by atoms with Gasteiger partial charge in [0, 0.05) is 19.6 Å². The van der Waals surface area contributed by atoms with Crippen LogP contribution in [0.15, 0.2) is 10.6 Å². The molecule has 1 saturated carbocycles. The highest BCUT2D eigenvalue weighted by atomic mass is 16.5. The molecule has 1 fully saturated rings. The topological polar surface area (TPSA) is 47.3 Å². The maximum Gasteiger partial charge on any atom is 0.208 e. The third kappa shape index (κ3) is 3.30. The van der Waals surface area contributed by atoms with E-state index in [1.165, 1.54) is 19.3 Å². The number of rotatable bonds is 5. The van der Waals surface area contributed by atoms with E-state index in [9.17, 15) is 0 Å². The van der Waals surface area contributed by atoms with E-state index in [-0.39, 0.29) is 0 Å². The molecule has 4 heteroatoms. The first-order valence-electron chi connectivity index (χ1n) is 6.53. The molecule has 17 heavy (non-hydrogen) atoms. The molecular weight excluding hydrogens is 216 g/mol. The average molecular weight is 238 g/mol. The number of hydrogen-bond acceptors (Lipinski definition) is 4. The molecule has 1 heterocycles. The van der Waals surface area contributed by atoms with E-state index in [1.54, 1.807) is 7.11 Å². The molecule has 0 amide bonds. The van der Waals surface area contributed by atoms with E-state index in [0.717, 1.165) is 24.5 Å². The highest BCUT2D eigenvalue weighted by Crippen LogP contribution is 2.21. The lowest BCUT2D eigenvalue weighted by molar-refractivity contribution is 0.0405. The summed E-state index contributed by atoms with van der Waals surface area (Å²) in [4.78, 5) is 4.25. The molecule has 0 saturated heterocycles. The molecule has 2 atom stereocenters. The Balaban J connectivity index is 1.83. The van der Waals surface area contributed by atoms with Crippen LogP contribution in [0.4, 0.5) is 0 Å². The lowest BCUT2D eigenvalue weighted by Gasteiger charge is -2.30. The molecule has 2 rings (SSSR count). The van der Waals surface area contributed by atoms with Gasteiger partial charge in [0.05, 0.1) is 18.8 Å². The van der Waals surface area contributed by atoms with E-state index in [0.29, 0.717) is 18.7 Å². The van der Waals surface area contributed by atoms with Crippen molar-refractivity contribution in [1.82, 2.24) is 10.3 Å². The van der Waals surface area contributed by atoms with E-state index in [2.05, 4.69) is 17.2 Å². The Labute approximate surface area is 103 Å². The van der Waals surface area contributed by atoms with Crippen LogP contribution in [0.1, 0.15) is 44.3 Å². The Kier molecular flexibility index (Phi) is 4.57. The van der Waals surface area contributed by atoms with E-state index < -0.39 is 0 Å². The van der Waals surface area contributed by atoms with Crippen LogP contribution >= 0.6 is 0 Å². The Hall–Kier alpha value is -0.870. The zero-order valence-corrected chi connectivity index (χ0v) is 10.7. The zero-order chi connectivity index (χ0) is 12.1.